The molecule has 0 saturated heterocycles. The number of ether oxygens (including phenoxy) is 1. The molecule has 19 heavy (non-hydrogen) atoms. The molecule has 0 heterocycles. The van der Waals surface area contributed by atoms with Gasteiger partial charge in [0, 0.05) is 5.69 Å². The molecule has 0 unspecified atom stereocenters. The van der Waals surface area contributed by atoms with Crippen molar-refractivity contribution in [3.05, 3.63) is 60.2 Å². The summed E-state index contributed by atoms with van der Waals surface area (Å²) < 4.78 is 5.19. The molecule has 2 nitrogen and oxygen atoms in total. The van der Waals surface area contributed by atoms with Crippen molar-refractivity contribution >= 4 is 5.69 Å². The second-order valence-corrected chi connectivity index (χ2v) is 5.10. The number of hydrogen-bond donors (Lipinski definition) is 1. The van der Waals surface area contributed by atoms with E-state index >= 15 is 0 Å². The first-order chi connectivity index (χ1) is 9.36. The lowest BCUT2D eigenvalue weighted by molar-refractivity contribution is 0.415. The van der Waals surface area contributed by atoms with Crippen LogP contribution in [0.5, 0.6) is 5.75 Å². The highest BCUT2D eigenvalue weighted by Crippen LogP contribution is 2.42. The third kappa shape index (κ3) is 2.90. The van der Waals surface area contributed by atoms with Gasteiger partial charge in [-0.25, -0.2) is 0 Å². The zero-order valence-corrected chi connectivity index (χ0v) is 11.2. The van der Waals surface area contributed by atoms with Crippen molar-refractivity contribution in [1.29, 1.82) is 0 Å². The van der Waals surface area contributed by atoms with Crippen LogP contribution < -0.4 is 10.1 Å². The molecule has 0 bridgehead atoms. The molecule has 1 aliphatic rings. The molecule has 1 N–H and O–H groups in total. The lowest BCUT2D eigenvalue weighted by atomic mass is 10.0. The SMILES string of the molecule is COc1ccc(N[C@H](c2ccccc2)C2CC2)cc1. The van der Waals surface area contributed by atoms with E-state index in [-0.39, 0.29) is 0 Å². The predicted octanol–water partition coefficient (Wildman–Crippen LogP) is 4.26. The van der Waals surface area contributed by atoms with Crippen LogP contribution in [0.4, 0.5) is 5.69 Å². The van der Waals surface area contributed by atoms with E-state index in [1.807, 2.05) is 12.1 Å². The minimum absolute atomic E-state index is 0.426. The van der Waals surface area contributed by atoms with E-state index in [2.05, 4.69) is 47.8 Å². The van der Waals surface area contributed by atoms with Gasteiger partial charge in [0.25, 0.3) is 0 Å². The van der Waals surface area contributed by atoms with Gasteiger partial charge >= 0.3 is 0 Å². The fourth-order valence-electron chi connectivity index (χ4n) is 2.43. The zero-order chi connectivity index (χ0) is 13.1. The van der Waals surface area contributed by atoms with Gasteiger partial charge in [0.1, 0.15) is 5.75 Å². The van der Waals surface area contributed by atoms with E-state index in [1.165, 1.54) is 18.4 Å². The zero-order valence-electron chi connectivity index (χ0n) is 11.2. The lowest BCUT2D eigenvalue weighted by Crippen LogP contribution is -2.12. The average molecular weight is 253 g/mol. The van der Waals surface area contributed by atoms with Gasteiger partial charge in [-0.3, -0.25) is 0 Å². The number of anilines is 1. The van der Waals surface area contributed by atoms with Gasteiger partial charge in [-0.2, -0.15) is 0 Å². The van der Waals surface area contributed by atoms with E-state index in [0.29, 0.717) is 6.04 Å². The molecule has 1 fully saturated rings. The monoisotopic (exact) mass is 253 g/mol. The predicted molar refractivity (Wildman–Crippen MR) is 78.5 cm³/mol. The number of methoxy groups -OCH3 is 1. The summed E-state index contributed by atoms with van der Waals surface area (Å²) in [5.74, 6) is 1.66. The molecule has 0 spiro atoms. The number of rotatable bonds is 5. The summed E-state index contributed by atoms with van der Waals surface area (Å²) in [6.07, 6.45) is 2.64. The number of benzene rings is 2. The molecule has 2 heteroatoms. The Bertz CT molecular complexity index is 517. The molecule has 0 aromatic heterocycles. The Balaban J connectivity index is 1.78. The van der Waals surface area contributed by atoms with Crippen molar-refractivity contribution in [2.45, 2.75) is 18.9 Å². The van der Waals surface area contributed by atoms with E-state index in [0.717, 1.165) is 17.4 Å². The summed E-state index contributed by atoms with van der Waals surface area (Å²) in [5.41, 5.74) is 2.53. The minimum Gasteiger partial charge on any atom is -0.497 e. The van der Waals surface area contributed by atoms with Crippen molar-refractivity contribution in [3.8, 4) is 5.75 Å². The van der Waals surface area contributed by atoms with Gasteiger partial charge in [-0.15, -0.1) is 0 Å². The van der Waals surface area contributed by atoms with Gasteiger partial charge in [-0.1, -0.05) is 30.3 Å². The Morgan fingerprint density at radius 1 is 1.00 bits per heavy atom. The van der Waals surface area contributed by atoms with Crippen LogP contribution in [0.15, 0.2) is 54.6 Å². The molecule has 1 aliphatic carbocycles. The molecule has 3 rings (SSSR count). The van der Waals surface area contributed by atoms with Crippen LogP contribution in [0.25, 0.3) is 0 Å². The molecular weight excluding hydrogens is 234 g/mol. The lowest BCUT2D eigenvalue weighted by Gasteiger charge is -2.20. The Morgan fingerprint density at radius 2 is 1.68 bits per heavy atom. The molecule has 0 radical (unpaired) electrons. The van der Waals surface area contributed by atoms with Crippen molar-refractivity contribution in [2.24, 2.45) is 5.92 Å². The maximum atomic E-state index is 5.19. The first-order valence-electron chi connectivity index (χ1n) is 6.82. The molecule has 0 aliphatic heterocycles. The second-order valence-electron chi connectivity index (χ2n) is 5.10. The summed E-state index contributed by atoms with van der Waals surface area (Å²) >= 11 is 0. The van der Waals surface area contributed by atoms with Gasteiger partial charge in [0.05, 0.1) is 13.2 Å². The van der Waals surface area contributed by atoms with Crippen LogP contribution >= 0.6 is 0 Å². The quantitative estimate of drug-likeness (QED) is 0.859. The number of nitrogens with one attached hydrogen (secondary N) is 1. The highest BCUT2D eigenvalue weighted by Gasteiger charge is 2.32. The molecule has 2 aromatic carbocycles. The van der Waals surface area contributed by atoms with Gasteiger partial charge in [0.15, 0.2) is 0 Å². The topological polar surface area (TPSA) is 21.3 Å². The van der Waals surface area contributed by atoms with Gasteiger partial charge in [0.2, 0.25) is 0 Å². The molecule has 1 atom stereocenters. The first kappa shape index (κ1) is 12.1. The summed E-state index contributed by atoms with van der Waals surface area (Å²) in [5, 5.41) is 3.65. The smallest absolute Gasteiger partial charge is 0.119 e. The maximum Gasteiger partial charge on any atom is 0.119 e. The molecule has 2 aromatic rings. The fraction of sp³-hybridized carbons (Fsp3) is 0.294. The summed E-state index contributed by atoms with van der Waals surface area (Å²) in [6, 6.07) is 19.3. The molecular formula is C17H19NO. The Morgan fingerprint density at radius 3 is 2.26 bits per heavy atom. The van der Waals surface area contributed by atoms with Crippen molar-refractivity contribution in [1.82, 2.24) is 0 Å². The average Bonchev–Trinajstić information content (AvgIpc) is 3.31. The third-order valence-electron chi connectivity index (χ3n) is 3.66. The van der Waals surface area contributed by atoms with E-state index < -0.39 is 0 Å². The van der Waals surface area contributed by atoms with Crippen LogP contribution in [0, 0.1) is 5.92 Å². The molecule has 1 saturated carbocycles. The van der Waals surface area contributed by atoms with E-state index in [9.17, 15) is 0 Å². The van der Waals surface area contributed by atoms with Crippen LogP contribution in [-0.4, -0.2) is 7.11 Å². The van der Waals surface area contributed by atoms with Crippen molar-refractivity contribution in [2.75, 3.05) is 12.4 Å². The largest absolute Gasteiger partial charge is 0.497 e. The van der Waals surface area contributed by atoms with Gasteiger partial charge in [-0.05, 0) is 48.6 Å². The van der Waals surface area contributed by atoms with Crippen LogP contribution in [-0.2, 0) is 0 Å². The van der Waals surface area contributed by atoms with Crippen LogP contribution in [0.2, 0.25) is 0 Å². The minimum atomic E-state index is 0.426. The standard InChI is InChI=1S/C17H19NO/c1-19-16-11-9-15(10-12-16)18-17(14-7-8-14)13-5-3-2-4-6-13/h2-6,9-12,14,17-18H,7-8H2,1H3/t17-/m1/s1. The summed E-state index contributed by atoms with van der Waals surface area (Å²) in [7, 11) is 1.69. The van der Waals surface area contributed by atoms with Crippen LogP contribution in [0.1, 0.15) is 24.4 Å². The van der Waals surface area contributed by atoms with Gasteiger partial charge < -0.3 is 10.1 Å². The second kappa shape index (κ2) is 5.35. The highest BCUT2D eigenvalue weighted by atomic mass is 16.5. The van der Waals surface area contributed by atoms with E-state index in [1.54, 1.807) is 7.11 Å². The van der Waals surface area contributed by atoms with Crippen molar-refractivity contribution < 1.29 is 4.74 Å². The number of hydrogen-bond acceptors (Lipinski definition) is 2. The van der Waals surface area contributed by atoms with E-state index in [4.69, 9.17) is 4.74 Å². The Kier molecular flexibility index (Phi) is 3.41. The summed E-state index contributed by atoms with van der Waals surface area (Å²) in [6.45, 7) is 0. The van der Waals surface area contributed by atoms with Crippen LogP contribution in [0.3, 0.4) is 0 Å². The fourth-order valence-corrected chi connectivity index (χ4v) is 2.43. The summed E-state index contributed by atoms with van der Waals surface area (Å²) in [4.78, 5) is 0. The Hall–Kier alpha value is -1.96. The molecule has 0 amide bonds. The third-order valence-corrected chi connectivity index (χ3v) is 3.66. The highest BCUT2D eigenvalue weighted by molar-refractivity contribution is 5.48. The normalized spacial score (nSPS) is 15.8. The maximum absolute atomic E-state index is 5.19. The molecule has 98 valence electrons. The van der Waals surface area contributed by atoms with Crippen molar-refractivity contribution in [3.63, 3.8) is 0 Å². The Labute approximate surface area is 114 Å². The first-order valence-corrected chi connectivity index (χ1v) is 6.82.